The van der Waals surface area contributed by atoms with Crippen LogP contribution in [0.2, 0.25) is 0 Å². The van der Waals surface area contributed by atoms with Crippen LogP contribution in [0, 0.1) is 16.7 Å². The summed E-state index contributed by atoms with van der Waals surface area (Å²) in [6, 6.07) is 8.83. The predicted octanol–water partition coefficient (Wildman–Crippen LogP) is 4.47. The maximum absolute atomic E-state index is 13.8. The fraction of sp³-hybridized carbons (Fsp3) is 0.741. The smallest absolute Gasteiger partial charge is 0.460 e. The van der Waals surface area contributed by atoms with Gasteiger partial charge in [0, 0.05) is 22.3 Å². The SMILES string of the molecule is CC(C)(C)c1ccc([SH]2CCOC(C34CC5CC(O)(CC(COC(=O)C(F)(F)S(=O)(=O)O)(C5)C3)C4)C2)cc1. The lowest BCUT2D eigenvalue weighted by Crippen LogP contribution is -2.65. The molecular weight excluding hydrogens is 538 g/mol. The highest BCUT2D eigenvalue weighted by Crippen LogP contribution is 2.69. The second-order valence-electron chi connectivity index (χ2n) is 13.3. The van der Waals surface area contributed by atoms with Gasteiger partial charge in [-0.15, -0.1) is 0 Å². The molecule has 1 aliphatic heterocycles. The van der Waals surface area contributed by atoms with Crippen molar-refractivity contribution >= 4 is 27.0 Å². The molecular formula is C27H38F2O7S2. The van der Waals surface area contributed by atoms with Gasteiger partial charge in [0.25, 0.3) is 0 Å². The zero-order valence-corrected chi connectivity index (χ0v) is 23.8. The summed E-state index contributed by atoms with van der Waals surface area (Å²) in [5.41, 5.74) is -0.757. The molecule has 6 rings (SSSR count). The number of carbonyl (C=O) groups excluding carboxylic acids is 1. The van der Waals surface area contributed by atoms with Crippen molar-refractivity contribution in [2.24, 2.45) is 16.7 Å². The third kappa shape index (κ3) is 5.02. The molecule has 0 amide bonds. The minimum Gasteiger partial charge on any atom is -0.460 e. The van der Waals surface area contributed by atoms with Crippen LogP contribution in [0.3, 0.4) is 0 Å². The fourth-order valence-electron chi connectivity index (χ4n) is 8.02. The van der Waals surface area contributed by atoms with Crippen LogP contribution in [-0.4, -0.2) is 65.7 Å². The van der Waals surface area contributed by atoms with E-state index >= 15 is 0 Å². The summed E-state index contributed by atoms with van der Waals surface area (Å²) in [5, 5.41) is 6.50. The molecule has 1 aromatic carbocycles. The zero-order chi connectivity index (χ0) is 27.8. The first-order valence-corrected chi connectivity index (χ1v) is 16.3. The van der Waals surface area contributed by atoms with Gasteiger partial charge in [0.15, 0.2) is 0 Å². The molecule has 4 saturated carbocycles. The van der Waals surface area contributed by atoms with Gasteiger partial charge in [0.1, 0.15) is 0 Å². The van der Waals surface area contributed by atoms with Crippen molar-refractivity contribution in [2.75, 3.05) is 24.7 Å². The van der Waals surface area contributed by atoms with Gasteiger partial charge in [-0.1, -0.05) is 45.0 Å². The van der Waals surface area contributed by atoms with E-state index in [1.807, 2.05) is 0 Å². The maximum atomic E-state index is 13.8. The van der Waals surface area contributed by atoms with E-state index in [1.54, 1.807) is 0 Å². The molecule has 5 aliphatic rings. The highest BCUT2D eigenvalue weighted by molar-refractivity contribution is 8.17. The number of ether oxygens (including phenoxy) is 2. The Bertz CT molecular complexity index is 1200. The van der Waals surface area contributed by atoms with Gasteiger partial charge >= 0.3 is 21.3 Å². The van der Waals surface area contributed by atoms with E-state index in [9.17, 15) is 27.1 Å². The molecule has 2 N–H and O–H groups in total. The fourth-order valence-corrected chi connectivity index (χ4v) is 10.7. The van der Waals surface area contributed by atoms with Crippen molar-refractivity contribution in [3.63, 3.8) is 0 Å². The number of esters is 1. The molecule has 6 unspecified atom stereocenters. The first-order valence-electron chi connectivity index (χ1n) is 13.2. The molecule has 11 heteroatoms. The van der Waals surface area contributed by atoms with Crippen LogP contribution in [0.5, 0.6) is 0 Å². The van der Waals surface area contributed by atoms with Gasteiger partial charge < -0.3 is 14.6 Å². The van der Waals surface area contributed by atoms with Crippen LogP contribution < -0.4 is 0 Å². The quantitative estimate of drug-likeness (QED) is 0.260. The first-order chi connectivity index (χ1) is 17.5. The molecule has 214 valence electrons. The van der Waals surface area contributed by atoms with E-state index in [4.69, 9.17) is 14.0 Å². The molecule has 6 atom stereocenters. The number of carbonyl (C=O) groups is 1. The van der Waals surface area contributed by atoms with Crippen molar-refractivity contribution in [1.82, 2.24) is 0 Å². The molecule has 4 aliphatic carbocycles. The molecule has 7 nitrogen and oxygen atoms in total. The average Bonchev–Trinajstić information content (AvgIpc) is 2.80. The van der Waals surface area contributed by atoms with Gasteiger partial charge in [-0.05, 0) is 60.3 Å². The van der Waals surface area contributed by atoms with Gasteiger partial charge in [0.2, 0.25) is 0 Å². The molecule has 4 bridgehead atoms. The molecule has 1 saturated heterocycles. The Labute approximate surface area is 225 Å². The number of rotatable bonds is 6. The summed E-state index contributed by atoms with van der Waals surface area (Å²) in [7, 11) is -6.41. The Balaban J connectivity index is 1.35. The molecule has 1 aromatic rings. The number of halogens is 2. The minimum absolute atomic E-state index is 0.0712. The predicted molar refractivity (Wildman–Crippen MR) is 140 cm³/mol. The normalized spacial score (nSPS) is 38.2. The maximum Gasteiger partial charge on any atom is 0.465 e. The topological polar surface area (TPSA) is 110 Å². The van der Waals surface area contributed by atoms with Crippen molar-refractivity contribution in [3.8, 4) is 0 Å². The van der Waals surface area contributed by atoms with E-state index < -0.39 is 49.9 Å². The average molecular weight is 577 g/mol. The number of alkyl halides is 2. The van der Waals surface area contributed by atoms with Gasteiger partial charge in [-0.3, -0.25) is 4.55 Å². The Hall–Kier alpha value is -1.27. The van der Waals surface area contributed by atoms with Crippen molar-refractivity contribution in [2.45, 2.75) is 86.6 Å². The van der Waals surface area contributed by atoms with E-state index in [0.717, 1.165) is 17.9 Å². The van der Waals surface area contributed by atoms with Crippen LogP contribution in [0.25, 0.3) is 0 Å². The first kappa shape index (κ1) is 28.3. The number of benzene rings is 1. The number of hydrogen-bond acceptors (Lipinski definition) is 6. The molecule has 1 heterocycles. The highest BCUT2D eigenvalue weighted by atomic mass is 32.2. The van der Waals surface area contributed by atoms with Gasteiger partial charge in [-0.25, -0.2) is 15.7 Å². The largest absolute Gasteiger partial charge is 0.465 e. The van der Waals surface area contributed by atoms with E-state index in [0.29, 0.717) is 38.7 Å². The minimum atomic E-state index is -5.94. The molecule has 38 heavy (non-hydrogen) atoms. The summed E-state index contributed by atoms with van der Waals surface area (Å²) >= 11 is 0. The van der Waals surface area contributed by atoms with Crippen LogP contribution in [0.1, 0.15) is 64.9 Å². The summed E-state index contributed by atoms with van der Waals surface area (Å²) in [6.07, 6.45) is 3.40. The molecule has 5 fully saturated rings. The van der Waals surface area contributed by atoms with Crippen molar-refractivity contribution < 1.29 is 41.1 Å². The van der Waals surface area contributed by atoms with Crippen LogP contribution in [0.15, 0.2) is 29.2 Å². The lowest BCUT2D eigenvalue weighted by Gasteiger charge is -2.66. The van der Waals surface area contributed by atoms with E-state index in [-0.39, 0.29) is 22.9 Å². The summed E-state index contributed by atoms with van der Waals surface area (Å²) < 4.78 is 69.7. The van der Waals surface area contributed by atoms with Crippen LogP contribution in [-0.2, 0) is 29.8 Å². The molecule has 0 aromatic heterocycles. The third-order valence-electron chi connectivity index (χ3n) is 9.12. The van der Waals surface area contributed by atoms with Gasteiger partial charge in [0.05, 0.1) is 24.9 Å². The Kier molecular flexibility index (Phi) is 6.79. The Morgan fingerprint density at radius 3 is 2.42 bits per heavy atom. The van der Waals surface area contributed by atoms with Crippen LogP contribution >= 0.6 is 10.9 Å². The Morgan fingerprint density at radius 1 is 1.13 bits per heavy atom. The summed E-state index contributed by atoms with van der Waals surface area (Å²) in [5.74, 6) is -0.338. The monoisotopic (exact) mass is 576 g/mol. The highest BCUT2D eigenvalue weighted by Gasteiger charge is 2.66. The lowest BCUT2D eigenvalue weighted by molar-refractivity contribution is -0.242. The van der Waals surface area contributed by atoms with Crippen molar-refractivity contribution in [1.29, 1.82) is 0 Å². The number of thiol groups is 1. The summed E-state index contributed by atoms with van der Waals surface area (Å²) in [4.78, 5) is 13.3. The van der Waals surface area contributed by atoms with E-state index in [1.165, 1.54) is 10.5 Å². The van der Waals surface area contributed by atoms with Gasteiger partial charge in [-0.2, -0.15) is 17.2 Å². The zero-order valence-electron chi connectivity index (χ0n) is 22.1. The second-order valence-corrected chi connectivity index (χ2v) is 17.1. The second kappa shape index (κ2) is 9.12. The summed E-state index contributed by atoms with van der Waals surface area (Å²) in [6.45, 7) is 6.75. The number of hydrogen-bond donors (Lipinski definition) is 3. The third-order valence-corrected chi connectivity index (χ3v) is 12.5. The standard InChI is InChI=1S/C27H38F2O7S2/c1-23(2,3)19-4-6-20(7-5-19)37-9-8-35-21(13-37)25-11-18-10-24(14-25,15-26(31,12-18)16-25)17-36-22(30)27(28,29)38(32,33)34/h4-7,18,21,31,37H,8-17H2,1-3H3,(H,32,33,34). The Morgan fingerprint density at radius 2 is 1.82 bits per heavy atom. The van der Waals surface area contributed by atoms with Crippen LogP contribution in [0.4, 0.5) is 8.78 Å². The lowest BCUT2D eigenvalue weighted by atomic mass is 9.42. The molecule has 0 spiro atoms. The van der Waals surface area contributed by atoms with E-state index in [2.05, 4.69) is 45.0 Å². The molecule has 0 radical (unpaired) electrons. The van der Waals surface area contributed by atoms with Crippen molar-refractivity contribution in [3.05, 3.63) is 29.8 Å². The number of aliphatic hydroxyl groups is 1.